The van der Waals surface area contributed by atoms with E-state index >= 15 is 0 Å². The summed E-state index contributed by atoms with van der Waals surface area (Å²) >= 11 is 0. The zero-order valence-corrected chi connectivity index (χ0v) is 11.6. The molecule has 21 heavy (non-hydrogen) atoms. The number of carbonyl (C=O) groups is 1. The molecule has 7 heteroatoms. The number of carbonyl (C=O) groups excluding carboxylic acids is 1. The lowest BCUT2D eigenvalue weighted by molar-refractivity contribution is -0.121. The van der Waals surface area contributed by atoms with Crippen LogP contribution in [0.1, 0.15) is 12.2 Å². The summed E-state index contributed by atoms with van der Waals surface area (Å²) < 4.78 is 10.4. The molecule has 0 aliphatic carbocycles. The number of hydrogen-bond acceptors (Lipinski definition) is 6. The maximum atomic E-state index is 12.3. The van der Waals surface area contributed by atoms with E-state index in [2.05, 4.69) is 15.5 Å². The lowest BCUT2D eigenvalue weighted by atomic mass is 9.99. The van der Waals surface area contributed by atoms with Gasteiger partial charge in [-0.2, -0.15) is 4.98 Å². The van der Waals surface area contributed by atoms with E-state index in [1.807, 2.05) is 12.1 Å². The molecule has 3 rings (SSSR count). The molecule has 1 aliphatic rings. The summed E-state index contributed by atoms with van der Waals surface area (Å²) in [4.78, 5) is 16.5. The van der Waals surface area contributed by atoms with E-state index in [1.54, 1.807) is 19.1 Å². The Labute approximate surface area is 121 Å². The lowest BCUT2D eigenvalue weighted by Crippen LogP contribution is -2.51. The van der Waals surface area contributed by atoms with Gasteiger partial charge in [0.05, 0.1) is 17.9 Å². The Balaban J connectivity index is 1.87. The van der Waals surface area contributed by atoms with Crippen LogP contribution >= 0.6 is 0 Å². The van der Waals surface area contributed by atoms with Gasteiger partial charge >= 0.3 is 0 Å². The van der Waals surface area contributed by atoms with Gasteiger partial charge in [0.15, 0.2) is 5.82 Å². The predicted octanol–water partition coefficient (Wildman–Crippen LogP) is 1.10. The Hall–Kier alpha value is -2.25. The van der Waals surface area contributed by atoms with Crippen LogP contribution in [0.15, 0.2) is 28.8 Å². The molecule has 1 amide bonds. The average molecular weight is 288 g/mol. The van der Waals surface area contributed by atoms with Crippen molar-refractivity contribution in [1.29, 1.82) is 0 Å². The fourth-order valence-corrected chi connectivity index (χ4v) is 2.19. The topological polar surface area (TPSA) is 103 Å². The number of rotatable bonds is 3. The first kappa shape index (κ1) is 13.7. The summed E-state index contributed by atoms with van der Waals surface area (Å²) in [5.74, 6) is 0.617. The predicted molar refractivity (Wildman–Crippen MR) is 75.5 cm³/mol. The number of nitrogens with one attached hydrogen (secondary N) is 1. The molecule has 1 saturated heterocycles. The first-order chi connectivity index (χ1) is 10.1. The minimum atomic E-state index is -0.988. The minimum Gasteiger partial charge on any atom is -0.379 e. The first-order valence-electron chi connectivity index (χ1n) is 6.66. The van der Waals surface area contributed by atoms with Crippen molar-refractivity contribution in [1.82, 2.24) is 10.1 Å². The highest BCUT2D eigenvalue weighted by Gasteiger charge is 2.38. The van der Waals surface area contributed by atoms with Crippen molar-refractivity contribution in [3.63, 3.8) is 0 Å². The summed E-state index contributed by atoms with van der Waals surface area (Å²) in [7, 11) is 0. The smallest absolute Gasteiger partial charge is 0.260 e. The van der Waals surface area contributed by atoms with Crippen LogP contribution < -0.4 is 11.1 Å². The van der Waals surface area contributed by atoms with Gasteiger partial charge in [-0.25, -0.2) is 0 Å². The van der Waals surface area contributed by atoms with Crippen LogP contribution in [0, 0.1) is 6.92 Å². The van der Waals surface area contributed by atoms with Gasteiger partial charge in [-0.3, -0.25) is 4.79 Å². The maximum absolute atomic E-state index is 12.3. The molecule has 1 aromatic heterocycles. The third-order valence-electron chi connectivity index (χ3n) is 3.44. The van der Waals surface area contributed by atoms with E-state index in [1.165, 1.54) is 0 Å². The largest absolute Gasteiger partial charge is 0.379 e. The molecule has 1 atom stereocenters. The van der Waals surface area contributed by atoms with Crippen LogP contribution in [0.25, 0.3) is 11.5 Å². The van der Waals surface area contributed by atoms with Gasteiger partial charge in [-0.1, -0.05) is 17.3 Å². The zero-order chi connectivity index (χ0) is 14.9. The van der Waals surface area contributed by atoms with Crippen molar-refractivity contribution in [2.75, 3.05) is 18.5 Å². The zero-order valence-electron chi connectivity index (χ0n) is 11.6. The van der Waals surface area contributed by atoms with E-state index in [0.29, 0.717) is 36.0 Å². The lowest BCUT2D eigenvalue weighted by Gasteiger charge is -2.21. The van der Waals surface area contributed by atoms with Crippen LogP contribution in [0.2, 0.25) is 0 Å². The Bertz CT molecular complexity index is 662. The van der Waals surface area contributed by atoms with Gasteiger partial charge in [-0.15, -0.1) is 0 Å². The Kier molecular flexibility index (Phi) is 3.44. The first-order valence-corrected chi connectivity index (χ1v) is 6.66. The van der Waals surface area contributed by atoms with Crippen molar-refractivity contribution in [3.8, 4) is 11.5 Å². The number of amides is 1. The summed E-state index contributed by atoms with van der Waals surface area (Å²) in [6.07, 6.45) is 0.501. The van der Waals surface area contributed by atoms with Crippen molar-refractivity contribution in [2.24, 2.45) is 5.73 Å². The molecule has 2 heterocycles. The fraction of sp³-hybridized carbons (Fsp3) is 0.357. The Morgan fingerprint density at radius 1 is 1.43 bits per heavy atom. The van der Waals surface area contributed by atoms with Crippen LogP contribution in [0.3, 0.4) is 0 Å². The highest BCUT2D eigenvalue weighted by Crippen LogP contribution is 2.27. The standard InChI is InChI=1S/C14H16N4O3/c1-9-16-12(21-18-9)10-4-2-3-5-11(10)17-13(19)14(15)6-7-20-8-14/h2-5H,6-8,15H2,1H3,(H,17,19). The number of aromatic nitrogens is 2. The normalized spacial score (nSPS) is 21.4. The molecule has 0 radical (unpaired) electrons. The third-order valence-corrected chi connectivity index (χ3v) is 3.44. The highest BCUT2D eigenvalue weighted by molar-refractivity contribution is 6.00. The van der Waals surface area contributed by atoms with Crippen molar-refractivity contribution in [3.05, 3.63) is 30.1 Å². The molecular weight excluding hydrogens is 272 g/mol. The molecule has 7 nitrogen and oxygen atoms in total. The number of hydrogen-bond donors (Lipinski definition) is 2. The quantitative estimate of drug-likeness (QED) is 0.876. The Morgan fingerprint density at radius 2 is 2.24 bits per heavy atom. The van der Waals surface area contributed by atoms with Gasteiger partial charge in [0.1, 0.15) is 5.54 Å². The van der Waals surface area contributed by atoms with Gasteiger partial charge in [0.25, 0.3) is 5.89 Å². The number of aryl methyl sites for hydroxylation is 1. The van der Waals surface area contributed by atoms with Gasteiger partial charge < -0.3 is 20.3 Å². The van der Waals surface area contributed by atoms with Gasteiger partial charge in [0, 0.05) is 6.61 Å². The molecule has 2 aromatic rings. The third kappa shape index (κ3) is 2.65. The Morgan fingerprint density at radius 3 is 2.90 bits per heavy atom. The fourth-order valence-electron chi connectivity index (χ4n) is 2.19. The van der Waals surface area contributed by atoms with Gasteiger partial charge in [-0.05, 0) is 25.5 Å². The summed E-state index contributed by atoms with van der Waals surface area (Å²) in [6, 6.07) is 7.22. The number of nitrogens with two attached hydrogens (primary N) is 1. The average Bonchev–Trinajstić information content (AvgIpc) is 3.09. The van der Waals surface area contributed by atoms with Crippen LogP contribution in [0.4, 0.5) is 5.69 Å². The number of ether oxygens (including phenoxy) is 1. The van der Waals surface area contributed by atoms with Crippen molar-refractivity contribution in [2.45, 2.75) is 18.9 Å². The molecule has 0 spiro atoms. The van der Waals surface area contributed by atoms with E-state index < -0.39 is 5.54 Å². The maximum Gasteiger partial charge on any atom is 0.260 e. The van der Waals surface area contributed by atoms with Crippen LogP contribution in [0.5, 0.6) is 0 Å². The molecule has 0 bridgehead atoms. The molecule has 1 unspecified atom stereocenters. The molecule has 1 aliphatic heterocycles. The minimum absolute atomic E-state index is 0.223. The van der Waals surface area contributed by atoms with E-state index in [0.717, 1.165) is 0 Å². The molecule has 0 saturated carbocycles. The van der Waals surface area contributed by atoms with E-state index in [4.69, 9.17) is 15.0 Å². The molecule has 1 fully saturated rings. The SMILES string of the molecule is Cc1noc(-c2ccccc2NC(=O)C2(N)CCOC2)n1. The molecular formula is C14H16N4O3. The number of para-hydroxylation sites is 1. The number of benzene rings is 1. The monoisotopic (exact) mass is 288 g/mol. The second-order valence-corrected chi connectivity index (χ2v) is 5.11. The van der Waals surface area contributed by atoms with Crippen molar-refractivity contribution < 1.29 is 14.1 Å². The molecule has 110 valence electrons. The molecule has 3 N–H and O–H groups in total. The summed E-state index contributed by atoms with van der Waals surface area (Å²) in [5.41, 5.74) is 6.31. The van der Waals surface area contributed by atoms with Gasteiger partial charge in [0.2, 0.25) is 5.91 Å². The van der Waals surface area contributed by atoms with Crippen molar-refractivity contribution >= 4 is 11.6 Å². The second kappa shape index (κ2) is 5.27. The van der Waals surface area contributed by atoms with Crippen LogP contribution in [-0.4, -0.2) is 34.8 Å². The summed E-state index contributed by atoms with van der Waals surface area (Å²) in [6.45, 7) is 2.45. The summed E-state index contributed by atoms with van der Waals surface area (Å²) in [5, 5.41) is 6.59. The molecule has 1 aromatic carbocycles. The number of nitrogens with zero attached hydrogens (tertiary/aromatic N) is 2. The number of anilines is 1. The van der Waals surface area contributed by atoms with Crippen LogP contribution in [-0.2, 0) is 9.53 Å². The second-order valence-electron chi connectivity index (χ2n) is 5.11. The van der Waals surface area contributed by atoms with E-state index in [9.17, 15) is 4.79 Å². The highest BCUT2D eigenvalue weighted by atomic mass is 16.5. The van der Waals surface area contributed by atoms with E-state index in [-0.39, 0.29) is 12.5 Å².